The molecule has 0 aliphatic heterocycles. The standard InChI is InChI=1S/C24H25Cl2N5O4/c1-11(2)19-20(21(32)15-5-12(3)6-16(25)9-15)31(24(35)30-23(19)34)10-14-7-17(26)28-18(8-14)29-22(33)13(4)27/h5-9,11,13H,10,27H2,1-4H3,(H,28,29,33)(H,30,34,35). The molecule has 0 saturated carbocycles. The number of ketones is 1. The summed E-state index contributed by atoms with van der Waals surface area (Å²) < 4.78 is 1.18. The van der Waals surface area contributed by atoms with Crippen LogP contribution in [0, 0.1) is 6.92 Å². The van der Waals surface area contributed by atoms with E-state index in [2.05, 4.69) is 15.3 Å². The third kappa shape index (κ3) is 6.05. The highest BCUT2D eigenvalue weighted by molar-refractivity contribution is 6.31. The van der Waals surface area contributed by atoms with Crippen LogP contribution in [0.25, 0.3) is 0 Å². The molecule has 3 aromatic rings. The van der Waals surface area contributed by atoms with Gasteiger partial charge in [0.1, 0.15) is 16.7 Å². The smallest absolute Gasteiger partial charge is 0.320 e. The molecule has 3 rings (SSSR count). The van der Waals surface area contributed by atoms with Crippen LogP contribution in [0.4, 0.5) is 5.82 Å². The van der Waals surface area contributed by atoms with Crippen LogP contribution < -0.4 is 22.3 Å². The van der Waals surface area contributed by atoms with Crippen LogP contribution in [0.2, 0.25) is 10.2 Å². The van der Waals surface area contributed by atoms with Gasteiger partial charge in [-0.1, -0.05) is 37.0 Å². The number of benzene rings is 1. The second-order valence-corrected chi connectivity index (χ2v) is 9.39. The molecule has 9 nitrogen and oxygen atoms in total. The monoisotopic (exact) mass is 517 g/mol. The Labute approximate surface area is 211 Å². The lowest BCUT2D eigenvalue weighted by molar-refractivity contribution is -0.117. The second kappa shape index (κ2) is 10.6. The highest BCUT2D eigenvalue weighted by Crippen LogP contribution is 2.23. The first kappa shape index (κ1) is 26.3. The highest BCUT2D eigenvalue weighted by Gasteiger charge is 2.25. The molecule has 0 radical (unpaired) electrons. The molecular weight excluding hydrogens is 493 g/mol. The number of H-pyrrole nitrogens is 1. The first-order chi connectivity index (χ1) is 16.4. The average molecular weight is 518 g/mol. The number of nitrogens with zero attached hydrogens (tertiary/aromatic N) is 2. The number of nitrogens with one attached hydrogen (secondary N) is 2. The van der Waals surface area contributed by atoms with Crippen LogP contribution in [0.15, 0.2) is 39.9 Å². The van der Waals surface area contributed by atoms with Gasteiger partial charge in [-0.15, -0.1) is 0 Å². The quantitative estimate of drug-likeness (QED) is 0.324. The normalized spacial score (nSPS) is 12.0. The summed E-state index contributed by atoms with van der Waals surface area (Å²) in [6.07, 6.45) is 0. The van der Waals surface area contributed by atoms with E-state index in [1.165, 1.54) is 29.7 Å². The molecule has 0 spiro atoms. The van der Waals surface area contributed by atoms with Crippen LogP contribution in [-0.4, -0.2) is 32.3 Å². The molecular formula is C24H25Cl2N5O4. The molecule has 4 N–H and O–H groups in total. The molecule has 2 aromatic heterocycles. The Bertz CT molecular complexity index is 1410. The van der Waals surface area contributed by atoms with Gasteiger partial charge in [-0.25, -0.2) is 9.78 Å². The molecule has 0 aliphatic carbocycles. The molecule has 2 heterocycles. The summed E-state index contributed by atoms with van der Waals surface area (Å²) in [7, 11) is 0. The van der Waals surface area contributed by atoms with Gasteiger partial charge in [0.25, 0.3) is 5.56 Å². The first-order valence-corrected chi connectivity index (χ1v) is 11.5. The molecule has 35 heavy (non-hydrogen) atoms. The molecule has 0 saturated heterocycles. The Balaban J connectivity index is 2.20. The Morgan fingerprint density at radius 1 is 1.11 bits per heavy atom. The van der Waals surface area contributed by atoms with Crippen molar-refractivity contribution in [3.05, 3.63) is 89.3 Å². The predicted molar refractivity (Wildman–Crippen MR) is 136 cm³/mol. The Kier molecular flexibility index (Phi) is 7.94. The summed E-state index contributed by atoms with van der Waals surface area (Å²) >= 11 is 12.3. The number of nitrogens with two attached hydrogens (primary N) is 1. The largest absolute Gasteiger partial charge is 0.329 e. The number of halogens is 2. The summed E-state index contributed by atoms with van der Waals surface area (Å²) in [4.78, 5) is 57.7. The van der Waals surface area contributed by atoms with Gasteiger partial charge in [-0.2, -0.15) is 0 Å². The first-order valence-electron chi connectivity index (χ1n) is 10.8. The van der Waals surface area contributed by atoms with Crippen molar-refractivity contribution in [1.82, 2.24) is 14.5 Å². The van der Waals surface area contributed by atoms with E-state index >= 15 is 0 Å². The molecule has 0 fully saturated rings. The van der Waals surface area contributed by atoms with Crippen molar-refractivity contribution in [2.45, 2.75) is 46.2 Å². The summed E-state index contributed by atoms with van der Waals surface area (Å²) in [5.74, 6) is -1.23. The van der Waals surface area contributed by atoms with Gasteiger partial charge in [0.2, 0.25) is 11.7 Å². The van der Waals surface area contributed by atoms with Gasteiger partial charge in [-0.05, 0) is 61.2 Å². The molecule has 1 unspecified atom stereocenters. The van der Waals surface area contributed by atoms with Gasteiger partial charge in [0.05, 0.1) is 12.6 Å². The zero-order valence-corrected chi connectivity index (χ0v) is 21.1. The number of anilines is 1. The van der Waals surface area contributed by atoms with Gasteiger partial charge in [-0.3, -0.25) is 23.9 Å². The van der Waals surface area contributed by atoms with Crippen molar-refractivity contribution >= 4 is 40.7 Å². The number of carbonyl (C=O) groups excluding carboxylic acids is 2. The van der Waals surface area contributed by atoms with E-state index in [0.717, 1.165) is 5.56 Å². The van der Waals surface area contributed by atoms with E-state index in [-0.39, 0.29) is 40.3 Å². The van der Waals surface area contributed by atoms with E-state index in [4.69, 9.17) is 28.9 Å². The third-order valence-electron chi connectivity index (χ3n) is 5.19. The topological polar surface area (TPSA) is 140 Å². The number of rotatable bonds is 7. The van der Waals surface area contributed by atoms with E-state index in [1.807, 2.05) is 0 Å². The summed E-state index contributed by atoms with van der Waals surface area (Å²) in [6, 6.07) is 7.05. The molecule has 1 atom stereocenters. The number of aromatic amines is 1. The SMILES string of the molecule is Cc1cc(Cl)cc(C(=O)c2c(C(C)C)c(=O)[nH]c(=O)n2Cc2cc(Cl)nc(NC(=O)C(C)N)c2)c1. The fraction of sp³-hybridized carbons (Fsp3) is 0.292. The number of pyridine rings is 1. The minimum Gasteiger partial charge on any atom is -0.320 e. The zero-order chi connectivity index (χ0) is 26.0. The van der Waals surface area contributed by atoms with Gasteiger partial charge < -0.3 is 11.1 Å². The van der Waals surface area contributed by atoms with Gasteiger partial charge in [0.15, 0.2) is 0 Å². The van der Waals surface area contributed by atoms with Crippen LogP contribution >= 0.6 is 23.2 Å². The van der Waals surface area contributed by atoms with E-state index in [9.17, 15) is 19.2 Å². The van der Waals surface area contributed by atoms with E-state index in [1.54, 1.807) is 32.9 Å². The van der Waals surface area contributed by atoms with Crippen molar-refractivity contribution in [2.24, 2.45) is 5.73 Å². The fourth-order valence-electron chi connectivity index (χ4n) is 3.65. The van der Waals surface area contributed by atoms with E-state index < -0.39 is 29.0 Å². The van der Waals surface area contributed by atoms with Gasteiger partial charge >= 0.3 is 5.69 Å². The maximum atomic E-state index is 13.7. The Morgan fingerprint density at radius 3 is 2.40 bits per heavy atom. The molecule has 0 aliphatic rings. The lowest BCUT2D eigenvalue weighted by atomic mass is 9.96. The lowest BCUT2D eigenvalue weighted by Gasteiger charge is -2.18. The van der Waals surface area contributed by atoms with Crippen molar-refractivity contribution in [3.63, 3.8) is 0 Å². The number of aryl methyl sites for hydroxylation is 1. The minimum atomic E-state index is -0.778. The fourth-order valence-corrected chi connectivity index (χ4v) is 4.17. The maximum Gasteiger partial charge on any atom is 0.329 e. The summed E-state index contributed by atoms with van der Waals surface area (Å²) in [5.41, 5.74) is 5.76. The van der Waals surface area contributed by atoms with Crippen LogP contribution in [0.5, 0.6) is 0 Å². The minimum absolute atomic E-state index is 0.0514. The van der Waals surface area contributed by atoms with Crippen molar-refractivity contribution in [1.29, 1.82) is 0 Å². The number of hydrogen-bond donors (Lipinski definition) is 3. The molecule has 11 heteroatoms. The number of hydrogen-bond acceptors (Lipinski definition) is 6. The van der Waals surface area contributed by atoms with Crippen LogP contribution in [0.3, 0.4) is 0 Å². The molecule has 184 valence electrons. The van der Waals surface area contributed by atoms with Gasteiger partial charge in [0, 0.05) is 16.1 Å². The Hall–Kier alpha value is -3.27. The van der Waals surface area contributed by atoms with Crippen LogP contribution in [0.1, 0.15) is 59.4 Å². The number of carbonyl (C=O) groups is 2. The number of amides is 1. The van der Waals surface area contributed by atoms with Crippen molar-refractivity contribution < 1.29 is 9.59 Å². The third-order valence-corrected chi connectivity index (χ3v) is 5.60. The van der Waals surface area contributed by atoms with Crippen molar-refractivity contribution in [2.75, 3.05) is 5.32 Å². The van der Waals surface area contributed by atoms with Crippen molar-refractivity contribution in [3.8, 4) is 0 Å². The molecule has 1 amide bonds. The lowest BCUT2D eigenvalue weighted by Crippen LogP contribution is -2.38. The summed E-state index contributed by atoms with van der Waals surface area (Å²) in [6.45, 7) is 6.69. The average Bonchev–Trinajstić information content (AvgIpc) is 2.73. The van der Waals surface area contributed by atoms with E-state index in [0.29, 0.717) is 10.6 Å². The predicted octanol–water partition coefficient (Wildman–Crippen LogP) is 3.24. The second-order valence-electron chi connectivity index (χ2n) is 8.57. The van der Waals surface area contributed by atoms with Crippen LogP contribution in [-0.2, 0) is 11.3 Å². The zero-order valence-electron chi connectivity index (χ0n) is 19.6. The molecule has 0 bridgehead atoms. The Morgan fingerprint density at radius 2 is 1.80 bits per heavy atom. The maximum absolute atomic E-state index is 13.7. The number of aromatic nitrogens is 3. The highest BCUT2D eigenvalue weighted by atomic mass is 35.5. The summed E-state index contributed by atoms with van der Waals surface area (Å²) in [5, 5.41) is 2.96. The molecule has 1 aromatic carbocycles.